The molecule has 1 atom stereocenters. The van der Waals surface area contributed by atoms with Gasteiger partial charge in [-0.25, -0.2) is 0 Å². The van der Waals surface area contributed by atoms with Crippen LogP contribution in [0.3, 0.4) is 0 Å². The Bertz CT molecular complexity index is 1570. The summed E-state index contributed by atoms with van der Waals surface area (Å²) < 4.78 is 5.14. The summed E-state index contributed by atoms with van der Waals surface area (Å²) in [5, 5.41) is 13.1. The number of carbonyl (C=O) groups excluding carboxylic acids is 1. The van der Waals surface area contributed by atoms with Crippen LogP contribution >= 0.6 is 0 Å². The van der Waals surface area contributed by atoms with Crippen LogP contribution in [-0.2, 0) is 13.8 Å². The van der Waals surface area contributed by atoms with Crippen molar-refractivity contribution in [2.45, 2.75) is 21.6 Å². The quantitative estimate of drug-likeness (QED) is 0.127. The predicted octanol–water partition coefficient (Wildman–Crippen LogP) is 7.09. The van der Waals surface area contributed by atoms with Gasteiger partial charge in [-0.15, -0.1) is 0 Å². The molecular weight excluding hydrogens is 601 g/mol. The monoisotopic (exact) mass is 633 g/mol. The summed E-state index contributed by atoms with van der Waals surface area (Å²) in [4.78, 5) is 25.6. The molecule has 214 valence electrons. The van der Waals surface area contributed by atoms with Gasteiger partial charge in [-0.3, -0.25) is 0 Å². The molecule has 6 heteroatoms. The number of alkyl carbamates (subject to hydrolysis) is 1. The summed E-state index contributed by atoms with van der Waals surface area (Å²) in [6, 6.07) is 45.7. The van der Waals surface area contributed by atoms with E-state index in [-0.39, 0.29) is 32.8 Å². The molecule has 0 saturated heterocycles. The van der Waals surface area contributed by atoms with Crippen LogP contribution in [0.1, 0.15) is 33.7 Å². The number of nitrogens with one attached hydrogen (secondary N) is 1. The van der Waals surface area contributed by atoms with Crippen LogP contribution < -0.4 is 5.32 Å². The van der Waals surface area contributed by atoms with E-state index in [1.165, 1.54) is 0 Å². The van der Waals surface area contributed by atoms with Gasteiger partial charge >= 0.3 is 258 Å². The van der Waals surface area contributed by atoms with E-state index in [1.54, 1.807) is 0 Å². The fraction of sp³-hybridized carbons (Fsp3) is 0.135. The fourth-order valence-electron chi connectivity index (χ4n) is 5.93. The average Bonchev–Trinajstić information content (AvgIpc) is 3.38. The second-order valence-corrected chi connectivity index (χ2v) is 13.0. The summed E-state index contributed by atoms with van der Waals surface area (Å²) in [5.41, 5.74) is 7.73. The van der Waals surface area contributed by atoms with Gasteiger partial charge in [0.1, 0.15) is 0 Å². The van der Waals surface area contributed by atoms with E-state index >= 15 is 0 Å². The molecule has 0 fully saturated rings. The standard InChI is InChI=1S/C37H31NO4Se/c39-35(40)34(38-36(41)42-24-33-31-22-12-10-20-29(31)30-21-11-13-23-32(30)33)25-43-37(26-14-4-1-5-15-26,27-16-6-2-7-17-27)28-18-8-3-9-19-28/h1-23,33-34H,24-25H2,(H,38,41)(H,39,40). The van der Waals surface area contributed by atoms with Gasteiger partial charge in [-0.2, -0.15) is 0 Å². The van der Waals surface area contributed by atoms with Gasteiger partial charge in [-0.05, 0) is 0 Å². The molecule has 0 heterocycles. The molecule has 1 amide bonds. The normalized spacial score (nSPS) is 13.0. The van der Waals surface area contributed by atoms with Gasteiger partial charge in [0.15, 0.2) is 0 Å². The molecular formula is C37H31NO4Se. The van der Waals surface area contributed by atoms with Crippen molar-refractivity contribution in [1.82, 2.24) is 5.32 Å². The summed E-state index contributed by atoms with van der Waals surface area (Å²) in [6.45, 7) is 0.124. The fourth-order valence-corrected chi connectivity index (χ4v) is 9.19. The first-order valence-corrected chi connectivity index (χ1v) is 16.3. The van der Waals surface area contributed by atoms with Crippen molar-refractivity contribution in [2.75, 3.05) is 6.61 Å². The Morgan fingerprint density at radius 1 is 0.674 bits per heavy atom. The van der Waals surface area contributed by atoms with Gasteiger partial charge in [-0.1, -0.05) is 0 Å². The Morgan fingerprint density at radius 2 is 1.09 bits per heavy atom. The van der Waals surface area contributed by atoms with E-state index in [2.05, 4.69) is 66.0 Å². The first-order valence-electron chi connectivity index (χ1n) is 14.2. The number of hydrogen-bond acceptors (Lipinski definition) is 3. The molecule has 5 aromatic carbocycles. The summed E-state index contributed by atoms with van der Waals surface area (Å²) in [6.07, 6.45) is -0.727. The van der Waals surface area contributed by atoms with E-state index in [1.807, 2.05) is 78.9 Å². The second kappa shape index (κ2) is 12.7. The Kier molecular flexibility index (Phi) is 8.41. The molecule has 2 N–H and O–H groups in total. The third kappa shape index (κ3) is 5.72. The second-order valence-electron chi connectivity index (χ2n) is 10.5. The summed E-state index contributed by atoms with van der Waals surface area (Å²) in [7, 11) is 0. The molecule has 43 heavy (non-hydrogen) atoms. The molecule has 0 radical (unpaired) electrons. The first kappa shape index (κ1) is 28.5. The maximum atomic E-state index is 13.1. The van der Waals surface area contributed by atoms with Crippen molar-refractivity contribution in [3.05, 3.63) is 167 Å². The zero-order valence-electron chi connectivity index (χ0n) is 23.4. The Morgan fingerprint density at radius 3 is 1.53 bits per heavy atom. The van der Waals surface area contributed by atoms with Crippen molar-refractivity contribution in [3.8, 4) is 11.1 Å². The van der Waals surface area contributed by atoms with Crippen molar-refractivity contribution in [2.24, 2.45) is 0 Å². The maximum absolute atomic E-state index is 13.1. The molecule has 6 rings (SSSR count). The zero-order valence-corrected chi connectivity index (χ0v) is 25.1. The number of hydrogen-bond donors (Lipinski definition) is 2. The molecule has 1 aliphatic carbocycles. The third-order valence-electron chi connectivity index (χ3n) is 7.94. The Balaban J connectivity index is 1.23. The van der Waals surface area contributed by atoms with E-state index in [9.17, 15) is 14.7 Å². The molecule has 0 spiro atoms. The van der Waals surface area contributed by atoms with Crippen molar-refractivity contribution in [1.29, 1.82) is 0 Å². The molecule has 5 aromatic rings. The number of carboxylic acids is 1. The number of rotatable bonds is 10. The molecule has 1 aliphatic rings. The van der Waals surface area contributed by atoms with E-state index in [0.29, 0.717) is 0 Å². The minimum absolute atomic E-state index is 0.104. The Hall–Kier alpha value is -4.64. The number of aliphatic carboxylic acids is 1. The molecule has 0 aromatic heterocycles. The van der Waals surface area contributed by atoms with Crippen LogP contribution in [0, 0.1) is 0 Å². The van der Waals surface area contributed by atoms with Crippen LogP contribution in [-0.4, -0.2) is 44.8 Å². The number of carboxylic acid groups (broad SMARTS) is 1. The topological polar surface area (TPSA) is 75.6 Å². The number of amides is 1. The van der Waals surface area contributed by atoms with Crippen molar-refractivity contribution in [3.63, 3.8) is 0 Å². The molecule has 5 nitrogen and oxygen atoms in total. The third-order valence-corrected chi connectivity index (χ3v) is 11.4. The van der Waals surface area contributed by atoms with Gasteiger partial charge in [0, 0.05) is 0 Å². The molecule has 0 aliphatic heterocycles. The van der Waals surface area contributed by atoms with Crippen LogP contribution in [0.2, 0.25) is 5.32 Å². The SMILES string of the molecule is O=C(NC(C[Se]C(c1ccccc1)(c1ccccc1)c1ccccc1)C(=O)O)OCC1c2ccccc2-c2ccccc21. The van der Waals surface area contributed by atoms with Gasteiger partial charge in [0.2, 0.25) is 0 Å². The number of ether oxygens (including phenoxy) is 1. The average molecular weight is 633 g/mol. The first-order chi connectivity index (χ1) is 21.1. The molecule has 0 saturated carbocycles. The van der Waals surface area contributed by atoms with Crippen LogP contribution in [0.4, 0.5) is 4.79 Å². The minimum atomic E-state index is -1.11. The number of carbonyl (C=O) groups is 2. The van der Waals surface area contributed by atoms with Crippen LogP contribution in [0.25, 0.3) is 11.1 Å². The van der Waals surface area contributed by atoms with Gasteiger partial charge in [0.05, 0.1) is 0 Å². The van der Waals surface area contributed by atoms with Crippen LogP contribution in [0.15, 0.2) is 140 Å². The van der Waals surface area contributed by atoms with Crippen molar-refractivity contribution >= 4 is 27.0 Å². The zero-order chi connectivity index (χ0) is 29.6. The van der Waals surface area contributed by atoms with E-state index in [4.69, 9.17) is 4.74 Å². The summed E-state index contributed by atoms with van der Waals surface area (Å²) in [5.74, 6) is -1.19. The van der Waals surface area contributed by atoms with Gasteiger partial charge < -0.3 is 0 Å². The molecule has 0 bridgehead atoms. The number of fused-ring (bicyclic) bond motifs is 3. The Labute approximate surface area is 257 Å². The van der Waals surface area contributed by atoms with Crippen LogP contribution in [0.5, 0.6) is 0 Å². The van der Waals surface area contributed by atoms with E-state index < -0.39 is 22.4 Å². The van der Waals surface area contributed by atoms with Crippen molar-refractivity contribution < 1.29 is 19.4 Å². The predicted molar refractivity (Wildman–Crippen MR) is 169 cm³/mol. The summed E-state index contributed by atoms with van der Waals surface area (Å²) >= 11 is -0.323. The molecule has 1 unspecified atom stereocenters. The van der Waals surface area contributed by atoms with E-state index in [0.717, 1.165) is 38.9 Å². The van der Waals surface area contributed by atoms with Gasteiger partial charge in [0.25, 0.3) is 0 Å². The number of benzene rings is 5.